The quantitative estimate of drug-likeness (QED) is 0.805. The zero-order valence-corrected chi connectivity index (χ0v) is 15.0. The highest BCUT2D eigenvalue weighted by atomic mass is 31.2. The van der Waals surface area contributed by atoms with Crippen molar-refractivity contribution in [1.82, 2.24) is 19.5 Å². The first kappa shape index (κ1) is 17.3. The zero-order chi connectivity index (χ0) is 17.1. The van der Waals surface area contributed by atoms with Gasteiger partial charge in [-0.25, -0.2) is 15.0 Å². The number of aromatic nitrogens is 4. The summed E-state index contributed by atoms with van der Waals surface area (Å²) in [6.07, 6.45) is 7.00. The summed E-state index contributed by atoms with van der Waals surface area (Å²) < 4.78 is 2.03. The monoisotopic (exact) mass is 349 g/mol. The van der Waals surface area contributed by atoms with Gasteiger partial charge in [-0.15, -0.1) is 0 Å². The van der Waals surface area contributed by atoms with Gasteiger partial charge in [0.2, 0.25) is 0 Å². The first-order valence-electron chi connectivity index (χ1n) is 8.28. The molecule has 8 heteroatoms. The van der Waals surface area contributed by atoms with Crippen molar-refractivity contribution in [3.8, 4) is 5.82 Å². The Morgan fingerprint density at radius 1 is 1.12 bits per heavy atom. The van der Waals surface area contributed by atoms with Crippen LogP contribution in [0.3, 0.4) is 0 Å². The van der Waals surface area contributed by atoms with Gasteiger partial charge in [0.1, 0.15) is 23.8 Å². The Morgan fingerprint density at radius 3 is 2.46 bits per heavy atom. The van der Waals surface area contributed by atoms with Gasteiger partial charge in [-0.1, -0.05) is 0 Å². The topological polar surface area (TPSA) is 87.3 Å². The molecule has 0 aromatic carbocycles. The summed E-state index contributed by atoms with van der Waals surface area (Å²) >= 11 is 0. The van der Waals surface area contributed by atoms with Gasteiger partial charge in [-0.2, -0.15) is 0 Å². The maximum absolute atomic E-state index is 9.06. The van der Waals surface area contributed by atoms with Crippen molar-refractivity contribution in [1.29, 1.82) is 0 Å². The number of anilines is 1. The van der Waals surface area contributed by atoms with Crippen molar-refractivity contribution in [3.63, 3.8) is 0 Å². The van der Waals surface area contributed by atoms with Gasteiger partial charge >= 0.3 is 0 Å². The molecule has 0 spiro atoms. The summed E-state index contributed by atoms with van der Waals surface area (Å²) in [5, 5.41) is 0. The first-order chi connectivity index (χ1) is 11.5. The number of hydrogen-bond acceptors (Lipinski definition) is 6. The predicted octanol–water partition coefficient (Wildman–Crippen LogP) is 2.18. The molecule has 24 heavy (non-hydrogen) atoms. The summed E-state index contributed by atoms with van der Waals surface area (Å²) in [7, 11) is -1.75. The Kier molecular flexibility index (Phi) is 5.43. The normalized spacial score (nSPS) is 16.1. The molecule has 3 heterocycles. The molecular formula is C16H24N5O2P. The number of nitrogens with zero attached hydrogens (tertiary/aromatic N) is 5. The van der Waals surface area contributed by atoms with E-state index in [9.17, 15) is 0 Å². The fourth-order valence-corrected chi connectivity index (χ4v) is 3.88. The third-order valence-corrected chi connectivity index (χ3v) is 5.32. The molecule has 130 valence electrons. The second kappa shape index (κ2) is 7.55. The summed E-state index contributed by atoms with van der Waals surface area (Å²) in [6.45, 7) is 5.87. The van der Waals surface area contributed by atoms with E-state index in [2.05, 4.69) is 19.9 Å². The average Bonchev–Trinajstić information content (AvgIpc) is 2.92. The number of piperidine rings is 1. The Morgan fingerprint density at radius 2 is 1.83 bits per heavy atom. The highest BCUT2D eigenvalue weighted by Gasteiger charge is 2.21. The minimum absolute atomic E-state index is 0.525. The van der Waals surface area contributed by atoms with Crippen LogP contribution in [-0.4, -0.2) is 48.6 Å². The molecule has 0 bridgehead atoms. The molecule has 2 aromatic rings. The second-order valence-electron chi connectivity index (χ2n) is 6.33. The van der Waals surface area contributed by atoms with Crippen molar-refractivity contribution in [2.24, 2.45) is 5.92 Å². The molecule has 2 N–H and O–H groups in total. The lowest BCUT2D eigenvalue weighted by molar-refractivity contribution is 0.386. The van der Waals surface area contributed by atoms with Crippen LogP contribution >= 0.6 is 8.38 Å². The SMILES string of the molecule is Cc1cnc(C)n1-c1cc(N2CCC(CCP(O)O)CC2)ncn1. The van der Waals surface area contributed by atoms with Crippen LogP contribution in [0.2, 0.25) is 0 Å². The molecule has 0 aliphatic carbocycles. The van der Waals surface area contributed by atoms with Gasteiger partial charge in [0, 0.05) is 37.2 Å². The summed E-state index contributed by atoms with van der Waals surface area (Å²) in [6, 6.07) is 2.02. The van der Waals surface area contributed by atoms with E-state index in [1.807, 2.05) is 30.7 Å². The molecule has 1 fully saturated rings. The number of hydrogen-bond donors (Lipinski definition) is 2. The lowest BCUT2D eigenvalue weighted by Gasteiger charge is -2.33. The van der Waals surface area contributed by atoms with Crippen LogP contribution in [0.15, 0.2) is 18.6 Å². The molecule has 2 aromatic heterocycles. The standard InChI is InChI=1S/C16H24N5O2P/c1-12-10-17-13(2)21(12)16-9-15(18-11-19-16)20-6-3-14(4-7-20)5-8-24(22)23/h9-11,14,22-23H,3-8H2,1-2H3. The van der Waals surface area contributed by atoms with Crippen molar-refractivity contribution in [3.05, 3.63) is 30.1 Å². The number of rotatable bonds is 5. The van der Waals surface area contributed by atoms with Gasteiger partial charge in [0.05, 0.1) is 0 Å². The van der Waals surface area contributed by atoms with E-state index in [0.29, 0.717) is 12.1 Å². The van der Waals surface area contributed by atoms with Gasteiger partial charge in [-0.3, -0.25) is 4.57 Å². The van der Waals surface area contributed by atoms with Crippen LogP contribution in [0.25, 0.3) is 5.82 Å². The molecule has 0 radical (unpaired) electrons. The van der Waals surface area contributed by atoms with Crippen molar-refractivity contribution in [2.75, 3.05) is 24.2 Å². The maximum atomic E-state index is 9.06. The third kappa shape index (κ3) is 3.91. The predicted molar refractivity (Wildman–Crippen MR) is 94.4 cm³/mol. The Labute approximate surface area is 143 Å². The molecule has 0 atom stereocenters. The summed E-state index contributed by atoms with van der Waals surface area (Å²) in [5.41, 5.74) is 1.06. The molecular weight excluding hydrogens is 325 g/mol. The van der Waals surface area contributed by atoms with E-state index in [0.717, 1.165) is 55.5 Å². The Bertz CT molecular complexity index is 663. The molecule has 0 unspecified atom stereocenters. The van der Waals surface area contributed by atoms with Crippen LogP contribution in [0.4, 0.5) is 5.82 Å². The van der Waals surface area contributed by atoms with E-state index in [1.54, 1.807) is 6.33 Å². The van der Waals surface area contributed by atoms with Gasteiger partial charge in [0.25, 0.3) is 0 Å². The second-order valence-corrected chi connectivity index (χ2v) is 7.52. The van der Waals surface area contributed by atoms with Crippen molar-refractivity contribution >= 4 is 14.2 Å². The van der Waals surface area contributed by atoms with E-state index in [4.69, 9.17) is 9.79 Å². The largest absolute Gasteiger partial charge is 0.356 e. The fraction of sp³-hybridized carbons (Fsp3) is 0.562. The molecule has 7 nitrogen and oxygen atoms in total. The molecule has 0 amide bonds. The van der Waals surface area contributed by atoms with E-state index in [-0.39, 0.29) is 0 Å². The van der Waals surface area contributed by atoms with Gasteiger partial charge in [0.15, 0.2) is 8.38 Å². The highest BCUT2D eigenvalue weighted by Crippen LogP contribution is 2.30. The van der Waals surface area contributed by atoms with E-state index < -0.39 is 8.38 Å². The van der Waals surface area contributed by atoms with Gasteiger partial charge < -0.3 is 14.7 Å². The molecule has 3 rings (SSSR count). The van der Waals surface area contributed by atoms with Crippen molar-refractivity contribution < 1.29 is 9.79 Å². The summed E-state index contributed by atoms with van der Waals surface area (Å²) in [4.78, 5) is 33.6. The van der Waals surface area contributed by atoms with Crippen LogP contribution < -0.4 is 4.90 Å². The fourth-order valence-electron chi connectivity index (χ4n) is 3.29. The molecule has 0 saturated carbocycles. The van der Waals surface area contributed by atoms with E-state index >= 15 is 0 Å². The first-order valence-corrected chi connectivity index (χ1v) is 9.71. The third-order valence-electron chi connectivity index (χ3n) is 4.66. The molecule has 1 aliphatic rings. The van der Waals surface area contributed by atoms with Crippen LogP contribution in [-0.2, 0) is 0 Å². The van der Waals surface area contributed by atoms with Gasteiger partial charge in [-0.05, 0) is 39.0 Å². The highest BCUT2D eigenvalue weighted by molar-refractivity contribution is 7.45. The maximum Gasteiger partial charge on any atom is 0.164 e. The number of aryl methyl sites for hydroxylation is 2. The average molecular weight is 349 g/mol. The Hall–Kier alpha value is -1.56. The minimum Gasteiger partial charge on any atom is -0.356 e. The Balaban J connectivity index is 1.68. The van der Waals surface area contributed by atoms with Crippen molar-refractivity contribution in [2.45, 2.75) is 33.1 Å². The van der Waals surface area contributed by atoms with Crippen LogP contribution in [0.1, 0.15) is 30.8 Å². The lowest BCUT2D eigenvalue weighted by Crippen LogP contribution is -2.34. The minimum atomic E-state index is -1.75. The molecule has 1 aliphatic heterocycles. The van der Waals surface area contributed by atoms with Crippen LogP contribution in [0.5, 0.6) is 0 Å². The number of imidazole rings is 1. The van der Waals surface area contributed by atoms with Crippen LogP contribution in [0, 0.1) is 19.8 Å². The summed E-state index contributed by atoms with van der Waals surface area (Å²) in [5.74, 6) is 3.28. The smallest absolute Gasteiger partial charge is 0.164 e. The zero-order valence-electron chi connectivity index (χ0n) is 14.1. The molecule has 1 saturated heterocycles. The van der Waals surface area contributed by atoms with E-state index in [1.165, 1.54) is 0 Å². The lowest BCUT2D eigenvalue weighted by atomic mass is 9.94.